The normalized spacial score (nSPS) is 11.4. The highest BCUT2D eigenvalue weighted by Gasteiger charge is 2.09. The second kappa shape index (κ2) is 4.17. The van der Waals surface area contributed by atoms with Crippen molar-refractivity contribution in [3.05, 3.63) is 72.8 Å². The van der Waals surface area contributed by atoms with E-state index in [4.69, 9.17) is 5.73 Å². The number of hydrogen-bond acceptors (Lipinski definition) is 4. The summed E-state index contributed by atoms with van der Waals surface area (Å²) in [6.45, 7) is 0. The van der Waals surface area contributed by atoms with Crippen LogP contribution in [0.25, 0.3) is 21.0 Å². The SMILES string of the molecule is Nc1ccc2[nH]c3c(=O)c4ccccc4c(=O)c=3sc2c1. The van der Waals surface area contributed by atoms with E-state index < -0.39 is 0 Å². The molecule has 0 spiro atoms. The Morgan fingerprint density at radius 3 is 2.43 bits per heavy atom. The molecule has 4 nitrogen and oxygen atoms in total. The van der Waals surface area contributed by atoms with Crippen LogP contribution in [-0.2, 0) is 0 Å². The fourth-order valence-corrected chi connectivity index (χ4v) is 3.63. The maximum Gasteiger partial charge on any atom is 0.211 e. The molecule has 102 valence electrons. The number of rotatable bonds is 0. The molecule has 3 N–H and O–H groups in total. The van der Waals surface area contributed by atoms with E-state index >= 15 is 0 Å². The number of nitrogens with one attached hydrogen (secondary N) is 1. The molecule has 2 aromatic rings. The summed E-state index contributed by atoms with van der Waals surface area (Å²) in [5.41, 5.74) is 6.94. The highest BCUT2D eigenvalue weighted by Crippen LogP contribution is 2.20. The molecule has 0 saturated carbocycles. The van der Waals surface area contributed by atoms with E-state index in [9.17, 15) is 9.59 Å². The zero-order valence-electron chi connectivity index (χ0n) is 10.8. The van der Waals surface area contributed by atoms with E-state index in [1.54, 1.807) is 36.4 Å². The van der Waals surface area contributed by atoms with Crippen LogP contribution in [0.1, 0.15) is 0 Å². The Morgan fingerprint density at radius 1 is 0.952 bits per heavy atom. The summed E-state index contributed by atoms with van der Waals surface area (Å²) in [5.74, 6) is 0. The molecule has 0 aromatic heterocycles. The van der Waals surface area contributed by atoms with Gasteiger partial charge < -0.3 is 10.7 Å². The quantitative estimate of drug-likeness (QED) is 0.489. The number of hydrogen-bond donors (Lipinski definition) is 2. The number of aromatic amines is 1. The Bertz CT molecular complexity index is 1190. The lowest BCUT2D eigenvalue weighted by atomic mass is 10.1. The molecule has 5 heteroatoms. The van der Waals surface area contributed by atoms with Gasteiger partial charge in [-0.15, -0.1) is 11.3 Å². The van der Waals surface area contributed by atoms with Crippen LogP contribution >= 0.6 is 11.3 Å². The average Bonchev–Trinajstić information content (AvgIpc) is 2.51. The molecular formula is C16H10N2O2S. The van der Waals surface area contributed by atoms with Gasteiger partial charge in [0.05, 0.1) is 10.2 Å². The summed E-state index contributed by atoms with van der Waals surface area (Å²) in [4.78, 5) is 28.2. The van der Waals surface area contributed by atoms with E-state index in [1.807, 2.05) is 6.07 Å². The van der Waals surface area contributed by atoms with Crippen molar-refractivity contribution >= 4 is 38.0 Å². The third kappa shape index (κ3) is 1.68. The molecule has 1 aliphatic heterocycles. The third-order valence-corrected chi connectivity index (χ3v) is 4.71. The molecule has 0 unspecified atom stereocenters. The van der Waals surface area contributed by atoms with Crippen molar-refractivity contribution < 1.29 is 0 Å². The molecule has 1 heterocycles. The van der Waals surface area contributed by atoms with Crippen LogP contribution in [0.4, 0.5) is 5.69 Å². The first-order valence-corrected chi connectivity index (χ1v) is 7.24. The molecule has 2 aromatic carbocycles. The molecule has 21 heavy (non-hydrogen) atoms. The van der Waals surface area contributed by atoms with Crippen LogP contribution in [0.15, 0.2) is 52.1 Å². The summed E-state index contributed by atoms with van der Waals surface area (Å²) in [5, 5.41) is 1.28. The van der Waals surface area contributed by atoms with Crippen molar-refractivity contribution in [3.63, 3.8) is 0 Å². The molecule has 1 aliphatic carbocycles. The third-order valence-electron chi connectivity index (χ3n) is 3.55. The van der Waals surface area contributed by atoms with E-state index in [-0.39, 0.29) is 10.9 Å². The average molecular weight is 294 g/mol. The number of nitrogens with two attached hydrogens (primary N) is 1. The largest absolute Gasteiger partial charge is 0.399 e. The highest BCUT2D eigenvalue weighted by molar-refractivity contribution is 7.16. The molecule has 0 radical (unpaired) electrons. The van der Waals surface area contributed by atoms with Crippen molar-refractivity contribution in [2.24, 2.45) is 0 Å². The van der Waals surface area contributed by atoms with Gasteiger partial charge in [-0.2, -0.15) is 0 Å². The van der Waals surface area contributed by atoms with Crippen LogP contribution in [0.5, 0.6) is 0 Å². The van der Waals surface area contributed by atoms with Gasteiger partial charge in [-0.3, -0.25) is 9.59 Å². The van der Waals surface area contributed by atoms with Gasteiger partial charge in [0.25, 0.3) is 0 Å². The second-order valence-corrected chi connectivity index (χ2v) is 5.94. The van der Waals surface area contributed by atoms with Gasteiger partial charge in [-0.1, -0.05) is 24.3 Å². The molecule has 0 amide bonds. The molecule has 2 aliphatic rings. The predicted molar refractivity (Wildman–Crippen MR) is 85.9 cm³/mol. The summed E-state index contributed by atoms with van der Waals surface area (Å²) < 4.78 is 1.30. The number of benzene rings is 2. The smallest absolute Gasteiger partial charge is 0.211 e. The van der Waals surface area contributed by atoms with Crippen LogP contribution in [-0.4, -0.2) is 4.98 Å². The van der Waals surface area contributed by atoms with Gasteiger partial charge in [-0.25, -0.2) is 0 Å². The number of anilines is 1. The lowest BCUT2D eigenvalue weighted by molar-refractivity contribution is 1.28. The van der Waals surface area contributed by atoms with Gasteiger partial charge in [0.2, 0.25) is 10.9 Å². The molecule has 0 bridgehead atoms. The van der Waals surface area contributed by atoms with Crippen LogP contribution < -0.4 is 16.6 Å². The molecule has 0 saturated heterocycles. The fourth-order valence-electron chi connectivity index (χ4n) is 2.53. The van der Waals surface area contributed by atoms with E-state index in [1.165, 1.54) is 11.3 Å². The molecule has 4 rings (SSSR count). The van der Waals surface area contributed by atoms with Crippen LogP contribution in [0, 0.1) is 9.88 Å². The zero-order valence-corrected chi connectivity index (χ0v) is 11.7. The Kier molecular flexibility index (Phi) is 2.40. The molecule has 0 fully saturated rings. The van der Waals surface area contributed by atoms with Gasteiger partial charge in [0.15, 0.2) is 0 Å². The van der Waals surface area contributed by atoms with E-state index in [0.29, 0.717) is 26.3 Å². The van der Waals surface area contributed by atoms with Crippen LogP contribution in [0.3, 0.4) is 0 Å². The zero-order chi connectivity index (χ0) is 14.6. The minimum absolute atomic E-state index is 0.120. The highest BCUT2D eigenvalue weighted by atomic mass is 32.1. The lowest BCUT2D eigenvalue weighted by Crippen LogP contribution is -2.15. The fraction of sp³-hybridized carbons (Fsp3) is 0. The Balaban J connectivity index is 2.40. The minimum atomic E-state index is -0.143. The van der Waals surface area contributed by atoms with Gasteiger partial charge in [0.1, 0.15) is 9.88 Å². The van der Waals surface area contributed by atoms with Gasteiger partial charge in [-0.05, 0) is 18.2 Å². The maximum atomic E-state index is 12.6. The van der Waals surface area contributed by atoms with E-state index in [2.05, 4.69) is 4.98 Å². The maximum absolute atomic E-state index is 12.6. The summed E-state index contributed by atoms with van der Waals surface area (Å²) in [6.07, 6.45) is 0. The topological polar surface area (TPSA) is 76.0 Å². The second-order valence-electron chi connectivity index (χ2n) is 4.89. The summed E-state index contributed by atoms with van der Waals surface area (Å²) in [7, 11) is 0. The van der Waals surface area contributed by atoms with Gasteiger partial charge in [0, 0.05) is 16.5 Å². The van der Waals surface area contributed by atoms with Crippen molar-refractivity contribution in [2.75, 3.05) is 5.73 Å². The Morgan fingerprint density at radius 2 is 1.67 bits per heavy atom. The number of fused-ring (bicyclic) bond motifs is 2. The number of nitrogen functional groups attached to an aromatic ring is 1. The minimum Gasteiger partial charge on any atom is -0.399 e. The summed E-state index contributed by atoms with van der Waals surface area (Å²) >= 11 is 1.30. The van der Waals surface area contributed by atoms with Crippen molar-refractivity contribution in [1.29, 1.82) is 0 Å². The van der Waals surface area contributed by atoms with Crippen LogP contribution in [0.2, 0.25) is 0 Å². The Hall–Kier alpha value is -2.66. The number of aromatic nitrogens is 1. The number of H-pyrrole nitrogens is 1. The summed E-state index contributed by atoms with van der Waals surface area (Å²) in [6, 6.07) is 12.3. The predicted octanol–water partition coefficient (Wildman–Crippen LogP) is 2.41. The lowest BCUT2D eigenvalue weighted by Gasteiger charge is -2.02. The van der Waals surface area contributed by atoms with Crippen molar-refractivity contribution in [1.82, 2.24) is 4.98 Å². The first kappa shape index (κ1) is 12.1. The standard InChI is InChI=1S/C16H10N2O2S/c17-8-5-6-11-12(7-8)21-16-13(18-11)14(19)9-3-1-2-4-10(9)15(16)20/h1-7,18H,17H2. The first-order chi connectivity index (χ1) is 10.1. The Labute approximate surface area is 122 Å². The monoisotopic (exact) mass is 294 g/mol. The molecular weight excluding hydrogens is 284 g/mol. The van der Waals surface area contributed by atoms with Gasteiger partial charge >= 0.3 is 0 Å². The van der Waals surface area contributed by atoms with Crippen molar-refractivity contribution in [3.8, 4) is 0 Å². The molecule has 0 atom stereocenters. The first-order valence-electron chi connectivity index (χ1n) is 6.42. The van der Waals surface area contributed by atoms with Crippen molar-refractivity contribution in [2.45, 2.75) is 0 Å². The van der Waals surface area contributed by atoms with E-state index in [0.717, 1.165) is 10.2 Å².